The molecule has 0 spiro atoms. The molecule has 0 radical (unpaired) electrons. The van der Waals surface area contributed by atoms with Gasteiger partial charge >= 0.3 is 0 Å². The van der Waals surface area contributed by atoms with E-state index in [4.69, 9.17) is 28.4 Å². The van der Waals surface area contributed by atoms with Crippen LogP contribution in [0.25, 0.3) is 0 Å². The zero-order valence-corrected chi connectivity index (χ0v) is 59.8. The number of unbranched alkanes of at least 4 members (excludes halogenated alkanes) is 31. The van der Waals surface area contributed by atoms with E-state index in [0.29, 0.717) is 12.8 Å². The SMILES string of the molecule is CC/C=C\C/C=C\C/C=C\C/C=C\CCCCCCCCCCCCCCCCCCCCCCC(=O)NC(COC1OC(CO)C(OC2OC(CO)C(OC3OC(CO)C(O)C(O)C3O)C(O)C2O)C(O)C1O)C(O)/C=C/CC/C=C/CC/C=C/CCCCCCCCCCC. The zero-order valence-electron chi connectivity index (χ0n) is 59.8. The second-order valence-electron chi connectivity index (χ2n) is 27.1. The number of ether oxygens (including phenoxy) is 6. The first-order chi connectivity index (χ1) is 47.3. The van der Waals surface area contributed by atoms with Gasteiger partial charge in [-0.2, -0.15) is 0 Å². The number of carbonyl (C=O) groups is 1. The van der Waals surface area contributed by atoms with Gasteiger partial charge in [0.25, 0.3) is 0 Å². The second-order valence-corrected chi connectivity index (χ2v) is 27.1. The van der Waals surface area contributed by atoms with Gasteiger partial charge in [-0.25, -0.2) is 0 Å². The van der Waals surface area contributed by atoms with Gasteiger partial charge in [0.05, 0.1) is 38.6 Å². The fourth-order valence-electron chi connectivity index (χ4n) is 12.5. The molecule has 97 heavy (non-hydrogen) atoms. The minimum absolute atomic E-state index is 0.231. The Morgan fingerprint density at radius 3 is 1.15 bits per heavy atom. The lowest BCUT2D eigenvalue weighted by Gasteiger charge is -2.48. The summed E-state index contributed by atoms with van der Waals surface area (Å²) in [5.74, 6) is -0.288. The Labute approximate surface area is 584 Å². The molecule has 3 heterocycles. The summed E-state index contributed by atoms with van der Waals surface area (Å²) in [6.07, 6.45) is 50.0. The molecule has 17 atom stereocenters. The Balaban J connectivity index is 1.37. The Morgan fingerprint density at radius 1 is 0.381 bits per heavy atom. The summed E-state index contributed by atoms with van der Waals surface area (Å²) in [6.45, 7) is 1.61. The van der Waals surface area contributed by atoms with Crippen molar-refractivity contribution < 1.29 is 89.4 Å². The standard InChI is InChI=1S/C78H137NO18/c1-3-5-7-9-11-13-15-17-19-21-23-24-25-26-27-28-29-30-31-32-33-34-35-36-38-40-42-44-46-48-50-52-54-56-66(84)79-61(62(83)55-53-51-49-47-45-43-41-39-37-22-20-18-16-14-12-10-8-6-4-2)60-92-76-72(90)69(87)74(64(58-81)94-76)97-78-73(91)70(88)75(65(59-82)95-78)96-77-71(89)68(86)67(85)63(57-80)93-77/h5,7,11,13,17,19,23-24,37,39,45,47,53,55,61-65,67-78,80-83,85-91H,3-4,6,8-10,12,14-16,18,20-22,25-36,38,40-44,46,48-52,54,56-60H2,1-2H3,(H,79,84)/b7-5-,13-11-,19-17-,24-23-,39-37+,47-45+,55-53+. The minimum atomic E-state index is -1.98. The molecule has 3 fully saturated rings. The Bertz CT molecular complexity index is 2080. The number of aliphatic hydroxyl groups excluding tert-OH is 11. The molecule has 562 valence electrons. The Kier molecular flexibility index (Phi) is 53.2. The minimum Gasteiger partial charge on any atom is -0.394 e. The molecule has 0 aliphatic carbocycles. The number of nitrogens with one attached hydrogen (secondary N) is 1. The molecule has 3 aliphatic heterocycles. The van der Waals surface area contributed by atoms with E-state index in [1.807, 2.05) is 6.08 Å². The molecule has 1 amide bonds. The summed E-state index contributed by atoms with van der Waals surface area (Å²) in [5.41, 5.74) is 0. The van der Waals surface area contributed by atoms with E-state index in [1.54, 1.807) is 6.08 Å². The third kappa shape index (κ3) is 39.3. The van der Waals surface area contributed by atoms with Crippen LogP contribution in [0.1, 0.15) is 271 Å². The van der Waals surface area contributed by atoms with E-state index in [1.165, 1.54) is 167 Å². The van der Waals surface area contributed by atoms with Crippen LogP contribution in [0.15, 0.2) is 85.1 Å². The highest BCUT2D eigenvalue weighted by molar-refractivity contribution is 5.76. The summed E-state index contributed by atoms with van der Waals surface area (Å²) in [7, 11) is 0. The zero-order chi connectivity index (χ0) is 70.4. The fourth-order valence-corrected chi connectivity index (χ4v) is 12.5. The topological polar surface area (TPSA) is 307 Å². The number of hydrogen-bond donors (Lipinski definition) is 12. The van der Waals surface area contributed by atoms with Gasteiger partial charge in [-0.1, -0.05) is 266 Å². The molecule has 3 aliphatic rings. The molecule has 0 saturated carbocycles. The number of rotatable bonds is 59. The maximum Gasteiger partial charge on any atom is 0.220 e. The highest BCUT2D eigenvalue weighted by atomic mass is 16.8. The summed E-state index contributed by atoms with van der Waals surface area (Å²) < 4.78 is 34.4. The van der Waals surface area contributed by atoms with Crippen molar-refractivity contribution in [1.82, 2.24) is 5.32 Å². The summed E-state index contributed by atoms with van der Waals surface area (Å²) in [6, 6.07) is -1.000. The lowest BCUT2D eigenvalue weighted by molar-refractivity contribution is -0.379. The molecule has 3 saturated heterocycles. The van der Waals surface area contributed by atoms with E-state index in [9.17, 15) is 61.0 Å². The van der Waals surface area contributed by atoms with Gasteiger partial charge in [-0.05, 0) is 83.5 Å². The molecule has 19 heteroatoms. The van der Waals surface area contributed by atoms with Gasteiger partial charge in [-0.3, -0.25) is 4.79 Å². The maximum atomic E-state index is 13.4. The van der Waals surface area contributed by atoms with E-state index >= 15 is 0 Å². The highest BCUT2D eigenvalue weighted by Crippen LogP contribution is 2.33. The first kappa shape index (κ1) is 88.2. The molecule has 0 bridgehead atoms. The molecule has 0 aromatic carbocycles. The van der Waals surface area contributed by atoms with Gasteiger partial charge in [0.1, 0.15) is 73.2 Å². The molecular weight excluding hydrogens is 1240 g/mol. The van der Waals surface area contributed by atoms with Crippen LogP contribution < -0.4 is 5.32 Å². The van der Waals surface area contributed by atoms with Crippen LogP contribution in [0.5, 0.6) is 0 Å². The largest absolute Gasteiger partial charge is 0.394 e. The van der Waals surface area contributed by atoms with Gasteiger partial charge < -0.3 is 89.9 Å². The van der Waals surface area contributed by atoms with Crippen molar-refractivity contribution in [1.29, 1.82) is 0 Å². The normalized spacial score (nSPS) is 27.4. The van der Waals surface area contributed by atoms with E-state index in [0.717, 1.165) is 70.6 Å². The van der Waals surface area contributed by atoms with Crippen molar-refractivity contribution >= 4 is 5.91 Å². The van der Waals surface area contributed by atoms with E-state index < -0.39 is 124 Å². The van der Waals surface area contributed by atoms with Crippen molar-refractivity contribution in [2.75, 3.05) is 26.4 Å². The fraction of sp³-hybridized carbons (Fsp3) is 0.808. The van der Waals surface area contributed by atoms with Crippen molar-refractivity contribution in [2.45, 2.75) is 375 Å². The van der Waals surface area contributed by atoms with Crippen LogP contribution in [0, 0.1) is 0 Å². The lowest BCUT2D eigenvalue weighted by Crippen LogP contribution is -2.66. The average molecular weight is 1380 g/mol. The highest BCUT2D eigenvalue weighted by Gasteiger charge is 2.53. The Hall–Kier alpha value is -3.03. The Morgan fingerprint density at radius 2 is 0.722 bits per heavy atom. The predicted octanol–water partition coefficient (Wildman–Crippen LogP) is 11.8. The first-order valence-corrected chi connectivity index (χ1v) is 38.3. The van der Waals surface area contributed by atoms with Crippen molar-refractivity contribution in [3.05, 3.63) is 85.1 Å². The molecule has 3 rings (SSSR count). The average Bonchev–Trinajstić information content (AvgIpc) is 0.845. The van der Waals surface area contributed by atoms with E-state index in [2.05, 4.69) is 92.1 Å². The summed E-state index contributed by atoms with van der Waals surface area (Å²) >= 11 is 0. The van der Waals surface area contributed by atoms with Gasteiger partial charge in [0.2, 0.25) is 5.91 Å². The number of allylic oxidation sites excluding steroid dienone is 13. The van der Waals surface area contributed by atoms with Crippen LogP contribution in [0.4, 0.5) is 0 Å². The van der Waals surface area contributed by atoms with Crippen LogP contribution in [0.3, 0.4) is 0 Å². The number of aliphatic hydroxyl groups is 11. The van der Waals surface area contributed by atoms with Crippen LogP contribution in [-0.4, -0.2) is 193 Å². The lowest BCUT2D eigenvalue weighted by atomic mass is 9.96. The predicted molar refractivity (Wildman–Crippen MR) is 383 cm³/mol. The molecule has 19 nitrogen and oxygen atoms in total. The third-order valence-corrected chi connectivity index (χ3v) is 18.7. The number of carbonyl (C=O) groups excluding carboxylic acids is 1. The van der Waals surface area contributed by atoms with Crippen LogP contribution in [-0.2, 0) is 33.2 Å². The quantitative estimate of drug-likeness (QED) is 0.0199. The molecule has 17 unspecified atom stereocenters. The summed E-state index contributed by atoms with van der Waals surface area (Å²) in [4.78, 5) is 13.4. The van der Waals surface area contributed by atoms with Crippen LogP contribution >= 0.6 is 0 Å². The third-order valence-electron chi connectivity index (χ3n) is 18.7. The second kappa shape index (κ2) is 58.5. The van der Waals surface area contributed by atoms with Gasteiger partial charge in [0.15, 0.2) is 18.9 Å². The van der Waals surface area contributed by atoms with E-state index in [-0.39, 0.29) is 18.9 Å². The van der Waals surface area contributed by atoms with Crippen molar-refractivity contribution in [3.8, 4) is 0 Å². The summed E-state index contributed by atoms with van der Waals surface area (Å²) in [5, 5.41) is 121. The molecular formula is C78H137NO18. The molecule has 0 aromatic rings. The van der Waals surface area contributed by atoms with Crippen LogP contribution in [0.2, 0.25) is 0 Å². The smallest absolute Gasteiger partial charge is 0.220 e. The first-order valence-electron chi connectivity index (χ1n) is 38.3. The number of hydrogen-bond acceptors (Lipinski definition) is 18. The van der Waals surface area contributed by atoms with Gasteiger partial charge in [-0.15, -0.1) is 0 Å². The van der Waals surface area contributed by atoms with Gasteiger partial charge in [0, 0.05) is 6.42 Å². The monoisotopic (exact) mass is 1380 g/mol. The molecule has 12 N–H and O–H groups in total. The molecule has 0 aromatic heterocycles. The van der Waals surface area contributed by atoms with Crippen molar-refractivity contribution in [3.63, 3.8) is 0 Å². The maximum absolute atomic E-state index is 13.4. The van der Waals surface area contributed by atoms with Crippen molar-refractivity contribution in [2.24, 2.45) is 0 Å². The number of amides is 1.